The van der Waals surface area contributed by atoms with Gasteiger partial charge in [0.25, 0.3) is 0 Å². The van der Waals surface area contributed by atoms with Crippen LogP contribution in [0.4, 0.5) is 0 Å². The summed E-state index contributed by atoms with van der Waals surface area (Å²) >= 11 is 0. The third-order valence-electron chi connectivity index (χ3n) is 4.42. The predicted octanol–water partition coefficient (Wildman–Crippen LogP) is 5.83. The average molecular weight is 326 g/mol. The Labute approximate surface area is 146 Å². The lowest BCUT2D eigenvalue weighted by Crippen LogP contribution is -2.09. The lowest BCUT2D eigenvalue weighted by atomic mass is 9.99. The molecule has 25 heavy (non-hydrogen) atoms. The summed E-state index contributed by atoms with van der Waals surface area (Å²) in [6.07, 6.45) is 0. The van der Waals surface area contributed by atoms with Gasteiger partial charge in [-0.25, -0.2) is 4.79 Å². The van der Waals surface area contributed by atoms with Crippen molar-refractivity contribution in [1.82, 2.24) is 0 Å². The number of carbonyl (C=O) groups is 1. The van der Waals surface area contributed by atoms with Crippen molar-refractivity contribution in [3.05, 3.63) is 89.5 Å². The van der Waals surface area contributed by atoms with E-state index in [0.717, 1.165) is 27.1 Å². The third-order valence-corrected chi connectivity index (χ3v) is 4.42. The maximum Gasteiger partial charge on any atom is 0.343 e. The van der Waals surface area contributed by atoms with Crippen LogP contribution in [0.3, 0.4) is 0 Å². The monoisotopic (exact) mass is 326 g/mol. The molecular formula is C23H18O2. The van der Waals surface area contributed by atoms with Crippen LogP contribution in [0.5, 0.6) is 5.75 Å². The zero-order valence-corrected chi connectivity index (χ0v) is 14.2. The van der Waals surface area contributed by atoms with Gasteiger partial charge < -0.3 is 4.74 Å². The normalized spacial score (nSPS) is 11.0. The van der Waals surface area contributed by atoms with Crippen molar-refractivity contribution in [2.24, 2.45) is 0 Å². The molecule has 0 spiro atoms. The largest absolute Gasteiger partial charge is 0.422 e. The van der Waals surface area contributed by atoms with Crippen LogP contribution in [-0.2, 0) is 0 Å². The smallest absolute Gasteiger partial charge is 0.343 e. The SMILES string of the molecule is Cc1ccc2c(OC(=O)c3ccccc3)c3cc(C)ccc3cc2c1. The summed E-state index contributed by atoms with van der Waals surface area (Å²) in [5.74, 6) is 0.293. The Kier molecular flexibility index (Phi) is 3.73. The van der Waals surface area contributed by atoms with E-state index >= 15 is 0 Å². The van der Waals surface area contributed by atoms with E-state index in [1.165, 1.54) is 5.56 Å². The second-order valence-electron chi connectivity index (χ2n) is 6.41. The molecular weight excluding hydrogens is 308 g/mol. The molecule has 0 atom stereocenters. The van der Waals surface area contributed by atoms with E-state index < -0.39 is 0 Å². The minimum Gasteiger partial charge on any atom is -0.422 e. The molecule has 0 amide bonds. The molecule has 122 valence electrons. The summed E-state index contributed by atoms with van der Waals surface area (Å²) in [6.45, 7) is 4.11. The fourth-order valence-corrected chi connectivity index (χ4v) is 3.15. The highest BCUT2D eigenvalue weighted by atomic mass is 16.5. The van der Waals surface area contributed by atoms with E-state index in [-0.39, 0.29) is 5.97 Å². The van der Waals surface area contributed by atoms with Gasteiger partial charge in [-0.1, -0.05) is 59.7 Å². The van der Waals surface area contributed by atoms with Crippen molar-refractivity contribution in [1.29, 1.82) is 0 Å². The van der Waals surface area contributed by atoms with E-state index in [4.69, 9.17) is 4.74 Å². The molecule has 4 rings (SSSR count). The van der Waals surface area contributed by atoms with Crippen LogP contribution in [0.2, 0.25) is 0 Å². The molecule has 0 aliphatic rings. The Morgan fingerprint density at radius 3 is 2.24 bits per heavy atom. The Hall–Kier alpha value is -3.13. The Morgan fingerprint density at radius 1 is 0.720 bits per heavy atom. The highest BCUT2D eigenvalue weighted by Gasteiger charge is 2.15. The molecule has 0 aliphatic heterocycles. The quantitative estimate of drug-likeness (QED) is 0.263. The Balaban J connectivity index is 1.95. The zero-order chi connectivity index (χ0) is 17.4. The Morgan fingerprint density at radius 2 is 1.44 bits per heavy atom. The summed E-state index contributed by atoms with van der Waals surface area (Å²) in [5.41, 5.74) is 2.86. The van der Waals surface area contributed by atoms with Crippen LogP contribution in [0.1, 0.15) is 21.5 Å². The van der Waals surface area contributed by atoms with Gasteiger partial charge in [0.2, 0.25) is 0 Å². The predicted molar refractivity (Wildman–Crippen MR) is 102 cm³/mol. The first-order valence-corrected chi connectivity index (χ1v) is 8.33. The summed E-state index contributed by atoms with van der Waals surface area (Å²) in [5, 5.41) is 4.06. The van der Waals surface area contributed by atoms with E-state index in [1.54, 1.807) is 12.1 Å². The highest BCUT2D eigenvalue weighted by molar-refractivity contribution is 6.08. The molecule has 0 radical (unpaired) electrons. The van der Waals surface area contributed by atoms with Gasteiger partial charge in [0.15, 0.2) is 0 Å². The molecule has 0 heterocycles. The van der Waals surface area contributed by atoms with E-state index in [2.05, 4.69) is 37.3 Å². The standard InChI is InChI=1S/C23H18O2/c1-15-9-11-20-19(12-15)14-18-10-8-16(2)13-21(18)22(20)25-23(24)17-6-4-3-5-7-17/h3-14H,1-2H3. The fraction of sp³-hybridized carbons (Fsp3) is 0.0870. The number of aryl methyl sites for hydroxylation is 2. The van der Waals surface area contributed by atoms with E-state index in [0.29, 0.717) is 11.3 Å². The average Bonchev–Trinajstić information content (AvgIpc) is 2.62. The molecule has 0 saturated heterocycles. The van der Waals surface area contributed by atoms with Crippen molar-refractivity contribution in [3.8, 4) is 5.75 Å². The van der Waals surface area contributed by atoms with Gasteiger partial charge in [0, 0.05) is 10.8 Å². The molecule has 0 fully saturated rings. The van der Waals surface area contributed by atoms with Gasteiger partial charge in [0.1, 0.15) is 5.75 Å². The van der Waals surface area contributed by atoms with Crippen LogP contribution < -0.4 is 4.74 Å². The number of hydrogen-bond donors (Lipinski definition) is 0. The van der Waals surface area contributed by atoms with Gasteiger partial charge in [-0.2, -0.15) is 0 Å². The topological polar surface area (TPSA) is 26.3 Å². The van der Waals surface area contributed by atoms with Crippen LogP contribution in [0.25, 0.3) is 21.5 Å². The number of benzene rings is 4. The number of rotatable bonds is 2. The molecule has 0 unspecified atom stereocenters. The summed E-state index contributed by atoms with van der Waals surface area (Å²) in [6, 6.07) is 23.7. The van der Waals surface area contributed by atoms with Crippen LogP contribution >= 0.6 is 0 Å². The molecule has 0 aromatic heterocycles. The molecule has 2 nitrogen and oxygen atoms in total. The third kappa shape index (κ3) is 2.87. The first-order chi connectivity index (χ1) is 12.1. The van der Waals surface area contributed by atoms with Crippen LogP contribution in [-0.4, -0.2) is 5.97 Å². The molecule has 2 heteroatoms. The molecule has 4 aromatic rings. The van der Waals surface area contributed by atoms with Crippen LogP contribution in [0.15, 0.2) is 72.8 Å². The van der Waals surface area contributed by atoms with Gasteiger partial charge in [-0.05, 0) is 48.9 Å². The fourth-order valence-electron chi connectivity index (χ4n) is 3.15. The van der Waals surface area contributed by atoms with E-state index in [1.807, 2.05) is 37.3 Å². The number of fused-ring (bicyclic) bond motifs is 2. The zero-order valence-electron chi connectivity index (χ0n) is 14.2. The molecule has 4 aromatic carbocycles. The molecule has 0 aliphatic carbocycles. The minimum atomic E-state index is -0.337. The first-order valence-electron chi connectivity index (χ1n) is 8.33. The number of esters is 1. The van der Waals surface area contributed by atoms with Crippen molar-refractivity contribution in [2.75, 3.05) is 0 Å². The van der Waals surface area contributed by atoms with Gasteiger partial charge in [-0.15, -0.1) is 0 Å². The minimum absolute atomic E-state index is 0.337. The molecule has 0 bridgehead atoms. The van der Waals surface area contributed by atoms with E-state index in [9.17, 15) is 4.79 Å². The summed E-state index contributed by atoms with van der Waals surface area (Å²) in [7, 11) is 0. The van der Waals surface area contributed by atoms with Crippen molar-refractivity contribution in [3.63, 3.8) is 0 Å². The second kappa shape index (κ2) is 6.06. The maximum absolute atomic E-state index is 12.6. The van der Waals surface area contributed by atoms with Crippen molar-refractivity contribution >= 4 is 27.5 Å². The lowest BCUT2D eigenvalue weighted by Gasteiger charge is -2.13. The Bertz CT molecular complexity index is 1100. The number of hydrogen-bond acceptors (Lipinski definition) is 2. The highest BCUT2D eigenvalue weighted by Crippen LogP contribution is 2.36. The summed E-state index contributed by atoms with van der Waals surface area (Å²) < 4.78 is 5.88. The van der Waals surface area contributed by atoms with Crippen LogP contribution in [0, 0.1) is 13.8 Å². The van der Waals surface area contributed by atoms with Gasteiger partial charge >= 0.3 is 5.97 Å². The summed E-state index contributed by atoms with van der Waals surface area (Å²) in [4.78, 5) is 12.6. The maximum atomic E-state index is 12.6. The van der Waals surface area contributed by atoms with Crippen molar-refractivity contribution in [2.45, 2.75) is 13.8 Å². The van der Waals surface area contributed by atoms with Gasteiger partial charge in [0.05, 0.1) is 5.56 Å². The second-order valence-corrected chi connectivity index (χ2v) is 6.41. The van der Waals surface area contributed by atoms with Crippen molar-refractivity contribution < 1.29 is 9.53 Å². The molecule has 0 saturated carbocycles. The molecule has 0 N–H and O–H groups in total. The first kappa shape index (κ1) is 15.4. The lowest BCUT2D eigenvalue weighted by molar-refractivity contribution is 0.0739. The number of ether oxygens (including phenoxy) is 1. The number of carbonyl (C=O) groups excluding carboxylic acids is 1. The van der Waals surface area contributed by atoms with Gasteiger partial charge in [-0.3, -0.25) is 0 Å².